The van der Waals surface area contributed by atoms with Gasteiger partial charge in [0, 0.05) is 33.1 Å². The van der Waals surface area contributed by atoms with Crippen LogP contribution in [-0.4, -0.2) is 60.5 Å². The number of anilines is 1. The van der Waals surface area contributed by atoms with Gasteiger partial charge in [-0.15, -0.1) is 10.2 Å². The van der Waals surface area contributed by atoms with E-state index >= 15 is 0 Å². The van der Waals surface area contributed by atoms with E-state index in [4.69, 9.17) is 4.74 Å². The van der Waals surface area contributed by atoms with Crippen molar-refractivity contribution in [2.45, 2.75) is 25.1 Å². The SMILES string of the molecule is CN(C)c1ccc(OC2CCN(C(=O)CC(F)(F)F)C2)nn1. The molecule has 0 N–H and O–H groups in total. The molecular weight excluding hydrogens is 301 g/mol. The van der Waals surface area contributed by atoms with Crippen LogP contribution in [0.4, 0.5) is 19.0 Å². The summed E-state index contributed by atoms with van der Waals surface area (Å²) in [6.45, 7) is 0.384. The van der Waals surface area contributed by atoms with Crippen LogP contribution in [0.1, 0.15) is 12.8 Å². The second kappa shape index (κ2) is 6.37. The summed E-state index contributed by atoms with van der Waals surface area (Å²) in [6.07, 6.45) is -5.81. The average molecular weight is 318 g/mol. The lowest BCUT2D eigenvalue weighted by molar-refractivity contribution is -0.160. The molecule has 1 aromatic rings. The van der Waals surface area contributed by atoms with E-state index in [0.29, 0.717) is 18.1 Å². The average Bonchev–Trinajstić information content (AvgIpc) is 2.86. The van der Waals surface area contributed by atoms with Crippen molar-refractivity contribution in [2.75, 3.05) is 32.1 Å². The summed E-state index contributed by atoms with van der Waals surface area (Å²) < 4.78 is 42.2. The molecule has 0 saturated carbocycles. The molecule has 1 fully saturated rings. The van der Waals surface area contributed by atoms with Crippen LogP contribution in [0.3, 0.4) is 0 Å². The molecule has 1 aromatic heterocycles. The van der Waals surface area contributed by atoms with Gasteiger partial charge < -0.3 is 14.5 Å². The van der Waals surface area contributed by atoms with Crippen LogP contribution in [-0.2, 0) is 4.79 Å². The molecule has 0 radical (unpaired) electrons. The third-order valence-corrected chi connectivity index (χ3v) is 3.22. The molecular formula is C13H17F3N4O2. The topological polar surface area (TPSA) is 58.6 Å². The quantitative estimate of drug-likeness (QED) is 0.841. The summed E-state index contributed by atoms with van der Waals surface area (Å²) in [5, 5.41) is 7.84. The first kappa shape index (κ1) is 16.3. The lowest BCUT2D eigenvalue weighted by Gasteiger charge is -2.18. The van der Waals surface area contributed by atoms with E-state index in [9.17, 15) is 18.0 Å². The number of alkyl halides is 3. The molecule has 2 rings (SSSR count). The summed E-state index contributed by atoms with van der Waals surface area (Å²) in [4.78, 5) is 14.4. The number of carbonyl (C=O) groups excluding carboxylic acids is 1. The molecule has 122 valence electrons. The van der Waals surface area contributed by atoms with Gasteiger partial charge in [0.05, 0.1) is 6.54 Å². The second-order valence-electron chi connectivity index (χ2n) is 5.28. The molecule has 22 heavy (non-hydrogen) atoms. The Hall–Kier alpha value is -2.06. The second-order valence-corrected chi connectivity index (χ2v) is 5.28. The zero-order valence-corrected chi connectivity index (χ0v) is 12.3. The third kappa shape index (κ3) is 4.47. The molecule has 1 aliphatic heterocycles. The number of hydrogen-bond acceptors (Lipinski definition) is 5. The minimum atomic E-state index is -4.48. The van der Waals surface area contributed by atoms with Crippen LogP contribution in [0.5, 0.6) is 5.88 Å². The van der Waals surface area contributed by atoms with E-state index in [2.05, 4.69) is 10.2 Å². The van der Waals surface area contributed by atoms with Crippen molar-refractivity contribution in [1.29, 1.82) is 0 Å². The largest absolute Gasteiger partial charge is 0.471 e. The number of rotatable bonds is 4. The number of halogens is 3. The highest BCUT2D eigenvalue weighted by molar-refractivity contribution is 5.77. The molecule has 9 heteroatoms. The Balaban J connectivity index is 1.87. The highest BCUT2D eigenvalue weighted by atomic mass is 19.4. The van der Waals surface area contributed by atoms with Gasteiger partial charge in [0.2, 0.25) is 11.8 Å². The summed E-state index contributed by atoms with van der Waals surface area (Å²) in [5.74, 6) is 0.0362. The van der Waals surface area contributed by atoms with Crippen LogP contribution in [0.2, 0.25) is 0 Å². The lowest BCUT2D eigenvalue weighted by atomic mass is 10.3. The molecule has 1 aliphatic rings. The standard InChI is InChI=1S/C13H17F3N4O2/c1-19(2)10-3-4-11(18-17-10)22-9-5-6-20(8-9)12(21)7-13(14,15)16/h3-4,9H,5-8H2,1-2H3. The molecule has 0 bridgehead atoms. The Kier molecular flexibility index (Phi) is 4.72. The summed E-state index contributed by atoms with van der Waals surface area (Å²) in [7, 11) is 3.65. The number of hydrogen-bond donors (Lipinski definition) is 0. The zero-order valence-electron chi connectivity index (χ0n) is 12.3. The molecule has 0 spiro atoms. The number of likely N-dealkylation sites (tertiary alicyclic amines) is 1. The minimum absolute atomic E-state index is 0.131. The van der Waals surface area contributed by atoms with Gasteiger partial charge >= 0.3 is 6.18 Å². The van der Waals surface area contributed by atoms with Crippen LogP contribution in [0.15, 0.2) is 12.1 Å². The highest BCUT2D eigenvalue weighted by Gasteiger charge is 2.36. The van der Waals surface area contributed by atoms with Gasteiger partial charge in [-0.2, -0.15) is 13.2 Å². The van der Waals surface area contributed by atoms with Gasteiger partial charge in [-0.25, -0.2) is 0 Å². The fraction of sp³-hybridized carbons (Fsp3) is 0.615. The number of ether oxygens (including phenoxy) is 1. The Bertz CT molecular complexity index is 519. The van der Waals surface area contributed by atoms with Gasteiger partial charge in [0.15, 0.2) is 5.82 Å². The molecule has 0 aliphatic carbocycles. The monoisotopic (exact) mass is 318 g/mol. The molecule has 2 heterocycles. The Labute approximate surface area is 125 Å². The van der Waals surface area contributed by atoms with Crippen LogP contribution in [0.25, 0.3) is 0 Å². The predicted molar refractivity (Wildman–Crippen MR) is 72.6 cm³/mol. The van der Waals surface area contributed by atoms with Gasteiger partial charge in [-0.3, -0.25) is 4.79 Å². The van der Waals surface area contributed by atoms with Crippen molar-refractivity contribution in [3.8, 4) is 5.88 Å². The molecule has 0 aromatic carbocycles. The number of aromatic nitrogens is 2. The molecule has 1 amide bonds. The lowest BCUT2D eigenvalue weighted by Crippen LogP contribution is -2.34. The maximum absolute atomic E-state index is 12.2. The summed E-state index contributed by atoms with van der Waals surface area (Å²) in [6, 6.07) is 3.37. The number of nitrogens with zero attached hydrogens (tertiary/aromatic N) is 4. The first-order valence-corrected chi connectivity index (χ1v) is 6.77. The van der Waals surface area contributed by atoms with Gasteiger partial charge in [0.25, 0.3) is 0 Å². The van der Waals surface area contributed by atoms with Gasteiger partial charge in [-0.1, -0.05) is 0 Å². The summed E-state index contributed by atoms with van der Waals surface area (Å²) >= 11 is 0. The van der Waals surface area contributed by atoms with Crippen molar-refractivity contribution in [3.05, 3.63) is 12.1 Å². The third-order valence-electron chi connectivity index (χ3n) is 3.22. The molecule has 1 atom stereocenters. The van der Waals surface area contributed by atoms with Crippen molar-refractivity contribution in [2.24, 2.45) is 0 Å². The van der Waals surface area contributed by atoms with Crippen molar-refractivity contribution in [3.63, 3.8) is 0 Å². The Morgan fingerprint density at radius 1 is 1.41 bits per heavy atom. The maximum atomic E-state index is 12.2. The van der Waals surface area contributed by atoms with E-state index in [-0.39, 0.29) is 19.2 Å². The van der Waals surface area contributed by atoms with E-state index in [1.54, 1.807) is 17.0 Å². The highest BCUT2D eigenvalue weighted by Crippen LogP contribution is 2.23. The smallest absolute Gasteiger partial charge is 0.397 e. The van der Waals surface area contributed by atoms with E-state index in [0.717, 1.165) is 0 Å². The van der Waals surface area contributed by atoms with Crippen molar-refractivity contribution < 1.29 is 22.7 Å². The van der Waals surface area contributed by atoms with Gasteiger partial charge in [0.1, 0.15) is 12.5 Å². The fourth-order valence-electron chi connectivity index (χ4n) is 2.12. The molecule has 1 unspecified atom stereocenters. The minimum Gasteiger partial charge on any atom is -0.471 e. The van der Waals surface area contributed by atoms with Crippen LogP contribution in [0, 0.1) is 0 Å². The Morgan fingerprint density at radius 2 is 2.14 bits per heavy atom. The zero-order chi connectivity index (χ0) is 16.3. The molecule has 1 saturated heterocycles. The predicted octanol–water partition coefficient (Wildman–Crippen LogP) is 1.47. The van der Waals surface area contributed by atoms with E-state index in [1.807, 2.05) is 14.1 Å². The first-order valence-electron chi connectivity index (χ1n) is 6.77. The Morgan fingerprint density at radius 3 is 2.68 bits per heavy atom. The van der Waals surface area contributed by atoms with Crippen molar-refractivity contribution >= 4 is 11.7 Å². The van der Waals surface area contributed by atoms with Crippen LogP contribution < -0.4 is 9.64 Å². The van der Waals surface area contributed by atoms with E-state index in [1.165, 1.54) is 4.90 Å². The normalized spacial score (nSPS) is 18.4. The number of amides is 1. The maximum Gasteiger partial charge on any atom is 0.397 e. The molecule has 6 nitrogen and oxygen atoms in total. The van der Waals surface area contributed by atoms with Crippen molar-refractivity contribution in [1.82, 2.24) is 15.1 Å². The number of carbonyl (C=O) groups is 1. The van der Waals surface area contributed by atoms with Crippen LogP contribution >= 0.6 is 0 Å². The van der Waals surface area contributed by atoms with Gasteiger partial charge in [-0.05, 0) is 6.07 Å². The van der Waals surface area contributed by atoms with E-state index < -0.39 is 18.5 Å². The fourth-order valence-corrected chi connectivity index (χ4v) is 2.12. The first-order chi connectivity index (χ1) is 10.2. The summed E-state index contributed by atoms with van der Waals surface area (Å²) in [5.41, 5.74) is 0.